The molecule has 0 bridgehead atoms. The zero-order chi connectivity index (χ0) is 7.84. The zero-order valence-electron chi connectivity index (χ0n) is 6.40. The van der Waals surface area contributed by atoms with Crippen LogP contribution in [0.25, 0.3) is 4.96 Å². The first-order valence-electron chi connectivity index (χ1n) is 3.37. The van der Waals surface area contributed by atoms with Crippen LogP contribution < -0.4 is 4.52 Å². The number of hydrogen-bond donors (Lipinski definition) is 0. The summed E-state index contributed by atoms with van der Waals surface area (Å²) in [6, 6.07) is 2.02. The van der Waals surface area contributed by atoms with Crippen molar-refractivity contribution in [2.24, 2.45) is 0 Å². The molecule has 2 aromatic heterocycles. The summed E-state index contributed by atoms with van der Waals surface area (Å²) in [6.07, 6.45) is 0. The molecule has 0 fully saturated rings. The highest BCUT2D eigenvalue weighted by Crippen LogP contribution is 2.02. The van der Waals surface area contributed by atoms with Gasteiger partial charge in [-0.15, -0.1) is 0 Å². The largest absolute Gasteiger partial charge is 0.409 e. The molecule has 0 aliphatic heterocycles. The highest BCUT2D eigenvalue weighted by Gasteiger charge is 2.10. The Hall–Kier alpha value is -1.03. The van der Waals surface area contributed by atoms with Crippen molar-refractivity contribution in [3.8, 4) is 0 Å². The second-order valence-corrected chi connectivity index (χ2v) is 3.28. The highest BCUT2D eigenvalue weighted by molar-refractivity contribution is 7.14. The van der Waals surface area contributed by atoms with E-state index in [9.17, 15) is 0 Å². The van der Waals surface area contributed by atoms with Gasteiger partial charge in [-0.25, -0.2) is 0 Å². The fourth-order valence-electron chi connectivity index (χ4n) is 1.08. The predicted octanol–water partition coefficient (Wildman–Crippen LogP) is 0.894. The van der Waals surface area contributed by atoms with Crippen LogP contribution in [0.1, 0.15) is 11.4 Å². The molecular weight excluding hydrogens is 158 g/mol. The van der Waals surface area contributed by atoms with Gasteiger partial charge < -0.3 is 0 Å². The summed E-state index contributed by atoms with van der Waals surface area (Å²) in [6.45, 7) is 4.02. The van der Waals surface area contributed by atoms with Crippen LogP contribution in [0.15, 0.2) is 11.6 Å². The van der Waals surface area contributed by atoms with E-state index in [-0.39, 0.29) is 0 Å². The molecule has 0 aliphatic carbocycles. The second-order valence-electron chi connectivity index (χ2n) is 2.47. The van der Waals surface area contributed by atoms with Crippen molar-refractivity contribution in [2.75, 3.05) is 0 Å². The number of nitrogens with zero attached hydrogens (tertiary/aromatic N) is 3. The molecule has 2 rings (SSSR count). The Morgan fingerprint density at radius 1 is 1.45 bits per heavy atom. The normalized spacial score (nSPS) is 10.7. The van der Waals surface area contributed by atoms with E-state index in [0.29, 0.717) is 0 Å². The molecule has 0 aromatic carbocycles. The topological polar surface area (TPSA) is 29.9 Å². The van der Waals surface area contributed by atoms with E-state index >= 15 is 0 Å². The zero-order valence-corrected chi connectivity index (χ0v) is 7.22. The van der Waals surface area contributed by atoms with Crippen LogP contribution in [0.3, 0.4) is 0 Å². The molecule has 3 nitrogen and oxygen atoms in total. The maximum Gasteiger partial charge on any atom is 0.409 e. The minimum Gasteiger partial charge on any atom is -0.0883 e. The summed E-state index contributed by atoms with van der Waals surface area (Å²) < 4.78 is 1.84. The molecule has 0 radical (unpaired) electrons. The lowest BCUT2D eigenvalue weighted by Gasteiger charge is -1.86. The quantitative estimate of drug-likeness (QED) is 0.544. The van der Waals surface area contributed by atoms with Crippen LogP contribution >= 0.6 is 11.3 Å². The summed E-state index contributed by atoms with van der Waals surface area (Å²) in [7, 11) is 0. The molecule has 56 valence electrons. The maximum absolute atomic E-state index is 4.32. The lowest BCUT2D eigenvalue weighted by Crippen LogP contribution is -2.27. The van der Waals surface area contributed by atoms with Gasteiger partial charge >= 0.3 is 4.96 Å². The molecule has 2 heterocycles. The number of aryl methyl sites for hydroxylation is 2. The van der Waals surface area contributed by atoms with Crippen molar-refractivity contribution in [1.82, 2.24) is 10.1 Å². The minimum atomic E-state index is 0.961. The third-order valence-corrected chi connectivity index (χ3v) is 2.20. The standard InChI is InChI=1S/C7H8N3S/c1-5-3-6(2)10-7(9-5)11-4-8-10/h3-4H,1-2H3/q+1. The molecule has 0 N–H and O–H groups in total. The van der Waals surface area contributed by atoms with Gasteiger partial charge in [0.1, 0.15) is 11.2 Å². The molecule has 0 aliphatic rings. The van der Waals surface area contributed by atoms with Crippen molar-refractivity contribution in [3.05, 3.63) is 23.0 Å². The van der Waals surface area contributed by atoms with Gasteiger partial charge in [-0.05, 0) is 16.3 Å². The first kappa shape index (κ1) is 6.67. The first-order chi connectivity index (χ1) is 5.27. The molecule has 0 amide bonds. The van der Waals surface area contributed by atoms with Gasteiger partial charge in [0.05, 0.1) is 0 Å². The average Bonchev–Trinajstić information content (AvgIpc) is 2.34. The summed E-state index contributed by atoms with van der Waals surface area (Å²) >= 11 is 1.56. The number of rotatable bonds is 0. The van der Waals surface area contributed by atoms with E-state index in [1.807, 2.05) is 24.4 Å². The Labute approximate surface area is 68.3 Å². The second kappa shape index (κ2) is 2.23. The third kappa shape index (κ3) is 0.991. The summed E-state index contributed by atoms with van der Waals surface area (Å²) in [5.74, 6) is 0. The Kier molecular flexibility index (Phi) is 1.35. The van der Waals surface area contributed by atoms with Crippen LogP contribution in [0.4, 0.5) is 0 Å². The maximum atomic E-state index is 4.32. The van der Waals surface area contributed by atoms with Gasteiger partial charge in [0.2, 0.25) is 0 Å². The molecule has 0 saturated carbocycles. The number of hydrogen-bond acceptors (Lipinski definition) is 3. The van der Waals surface area contributed by atoms with Crippen molar-refractivity contribution >= 4 is 16.3 Å². The van der Waals surface area contributed by atoms with Crippen molar-refractivity contribution < 1.29 is 4.52 Å². The van der Waals surface area contributed by atoms with Gasteiger partial charge in [-0.1, -0.05) is 9.61 Å². The highest BCUT2D eigenvalue weighted by atomic mass is 32.1. The van der Waals surface area contributed by atoms with E-state index in [1.54, 1.807) is 16.8 Å². The van der Waals surface area contributed by atoms with Gasteiger partial charge in [-0.3, -0.25) is 0 Å². The van der Waals surface area contributed by atoms with E-state index in [2.05, 4.69) is 10.1 Å². The summed E-state index contributed by atoms with van der Waals surface area (Å²) in [4.78, 5) is 5.28. The average molecular weight is 166 g/mol. The molecular formula is C7H8N3S+. The van der Waals surface area contributed by atoms with Gasteiger partial charge in [0.15, 0.2) is 5.69 Å². The van der Waals surface area contributed by atoms with E-state index in [4.69, 9.17) is 0 Å². The van der Waals surface area contributed by atoms with Crippen LogP contribution in [0, 0.1) is 13.8 Å². The Balaban J connectivity index is 2.91. The predicted molar refractivity (Wildman–Crippen MR) is 42.5 cm³/mol. The lowest BCUT2D eigenvalue weighted by molar-refractivity contribution is -0.585. The van der Waals surface area contributed by atoms with Crippen molar-refractivity contribution in [2.45, 2.75) is 13.8 Å². The Morgan fingerprint density at radius 3 is 3.09 bits per heavy atom. The molecule has 0 atom stereocenters. The summed E-state index contributed by atoms with van der Waals surface area (Å²) in [5.41, 5.74) is 3.98. The third-order valence-electron chi connectivity index (χ3n) is 1.53. The van der Waals surface area contributed by atoms with E-state index in [0.717, 1.165) is 16.3 Å². The molecule has 4 heteroatoms. The van der Waals surface area contributed by atoms with Crippen molar-refractivity contribution in [3.63, 3.8) is 0 Å². The lowest BCUT2D eigenvalue weighted by atomic mass is 10.4. The van der Waals surface area contributed by atoms with Crippen LogP contribution in [-0.4, -0.2) is 10.1 Å². The molecule has 2 aromatic rings. The fourth-order valence-corrected chi connectivity index (χ4v) is 1.80. The monoisotopic (exact) mass is 166 g/mol. The van der Waals surface area contributed by atoms with E-state index in [1.165, 1.54) is 0 Å². The minimum absolute atomic E-state index is 0.961. The van der Waals surface area contributed by atoms with Crippen LogP contribution in [-0.2, 0) is 0 Å². The summed E-state index contributed by atoms with van der Waals surface area (Å²) in [5, 5.41) is 4.13. The number of aromatic nitrogens is 3. The molecule has 0 saturated heterocycles. The Morgan fingerprint density at radius 2 is 2.27 bits per heavy atom. The van der Waals surface area contributed by atoms with Gasteiger partial charge in [-0.2, -0.15) is 0 Å². The Bertz CT molecular complexity index is 393. The molecule has 0 spiro atoms. The number of fused-ring (bicyclic) bond motifs is 1. The first-order valence-corrected chi connectivity index (χ1v) is 4.25. The van der Waals surface area contributed by atoms with Gasteiger partial charge in [0.25, 0.3) is 0 Å². The van der Waals surface area contributed by atoms with E-state index < -0.39 is 0 Å². The SMILES string of the molecule is Cc1cc(C)[n+]2ncsc2n1. The van der Waals surface area contributed by atoms with Gasteiger partial charge in [0, 0.05) is 19.9 Å². The van der Waals surface area contributed by atoms with Crippen LogP contribution in [0.5, 0.6) is 0 Å². The van der Waals surface area contributed by atoms with Crippen molar-refractivity contribution in [1.29, 1.82) is 0 Å². The molecule has 11 heavy (non-hydrogen) atoms. The van der Waals surface area contributed by atoms with Crippen LogP contribution in [0.2, 0.25) is 0 Å². The molecule has 0 unspecified atom stereocenters. The fraction of sp³-hybridized carbons (Fsp3) is 0.286. The smallest absolute Gasteiger partial charge is 0.0883 e.